The molecule has 3 saturated heterocycles. The van der Waals surface area contributed by atoms with Crippen molar-refractivity contribution in [1.82, 2.24) is 15.5 Å². The lowest BCUT2D eigenvalue weighted by molar-refractivity contribution is -0.143. The van der Waals surface area contributed by atoms with Crippen LogP contribution < -0.4 is 10.6 Å². The maximum atomic E-state index is 13.6. The number of fused-ring (bicyclic) bond motifs is 1. The third-order valence-electron chi connectivity index (χ3n) is 7.94. The van der Waals surface area contributed by atoms with Crippen LogP contribution in [0, 0.1) is 11.8 Å². The van der Waals surface area contributed by atoms with Crippen molar-refractivity contribution < 1.29 is 24.2 Å². The SMILES string of the molecule is O=C(NC1CCCCC1)C1N(CCO)C(=O)[C@@H]2[C@H](C(=O)NCc3ccccc3)[C@H]3OC12CC3Br. The Morgan fingerprint density at radius 1 is 1.15 bits per heavy atom. The van der Waals surface area contributed by atoms with E-state index in [1.165, 1.54) is 11.3 Å². The molecule has 2 bridgehead atoms. The van der Waals surface area contributed by atoms with E-state index in [0.717, 1.165) is 31.2 Å². The fourth-order valence-corrected chi connectivity index (χ4v) is 7.45. The zero-order valence-corrected chi connectivity index (χ0v) is 20.7. The average Bonchev–Trinajstić information content (AvgIpc) is 3.43. The van der Waals surface area contributed by atoms with Gasteiger partial charge in [0.15, 0.2) is 0 Å². The summed E-state index contributed by atoms with van der Waals surface area (Å²) in [4.78, 5) is 41.9. The van der Waals surface area contributed by atoms with Crippen molar-refractivity contribution in [3.05, 3.63) is 35.9 Å². The fourth-order valence-electron chi connectivity index (χ4n) is 6.51. The molecule has 3 amide bonds. The van der Waals surface area contributed by atoms with E-state index in [1.807, 2.05) is 30.3 Å². The quantitative estimate of drug-likeness (QED) is 0.460. The van der Waals surface area contributed by atoms with Gasteiger partial charge in [-0.05, 0) is 24.8 Å². The number of carbonyl (C=O) groups excluding carboxylic acids is 3. The van der Waals surface area contributed by atoms with Gasteiger partial charge in [0.05, 0.1) is 24.5 Å². The lowest BCUT2D eigenvalue weighted by Crippen LogP contribution is -2.57. The molecule has 1 aromatic rings. The predicted octanol–water partition coefficient (Wildman–Crippen LogP) is 1.49. The molecule has 5 rings (SSSR count). The van der Waals surface area contributed by atoms with Gasteiger partial charge >= 0.3 is 0 Å². The minimum atomic E-state index is -1.07. The monoisotopic (exact) mass is 533 g/mol. The molecule has 1 aliphatic carbocycles. The smallest absolute Gasteiger partial charge is 0.246 e. The Morgan fingerprint density at radius 3 is 2.59 bits per heavy atom. The van der Waals surface area contributed by atoms with Gasteiger partial charge in [0.2, 0.25) is 17.7 Å². The first-order valence-corrected chi connectivity index (χ1v) is 13.2. The summed E-state index contributed by atoms with van der Waals surface area (Å²) < 4.78 is 6.44. The van der Waals surface area contributed by atoms with Gasteiger partial charge in [-0.2, -0.15) is 0 Å². The number of aliphatic hydroxyl groups is 1. The van der Waals surface area contributed by atoms with Gasteiger partial charge in [-0.3, -0.25) is 14.4 Å². The maximum Gasteiger partial charge on any atom is 0.246 e. The van der Waals surface area contributed by atoms with Crippen LogP contribution in [0.5, 0.6) is 0 Å². The summed E-state index contributed by atoms with van der Waals surface area (Å²) in [6.07, 6.45) is 5.18. The number of carbonyl (C=O) groups is 3. The van der Waals surface area contributed by atoms with Crippen LogP contribution >= 0.6 is 15.9 Å². The lowest BCUT2D eigenvalue weighted by atomic mass is 9.70. The number of likely N-dealkylation sites (tertiary alicyclic amines) is 1. The number of alkyl halides is 1. The van der Waals surface area contributed by atoms with Gasteiger partial charge in [-0.1, -0.05) is 65.5 Å². The summed E-state index contributed by atoms with van der Waals surface area (Å²) in [5.74, 6) is -2.18. The van der Waals surface area contributed by atoms with Crippen LogP contribution in [0.3, 0.4) is 0 Å². The molecule has 4 fully saturated rings. The van der Waals surface area contributed by atoms with Crippen LogP contribution in [0.25, 0.3) is 0 Å². The largest absolute Gasteiger partial charge is 0.395 e. The Balaban J connectivity index is 1.40. The minimum absolute atomic E-state index is 0.0408. The molecule has 0 aromatic heterocycles. The van der Waals surface area contributed by atoms with Crippen molar-refractivity contribution in [3.8, 4) is 0 Å². The molecule has 1 spiro atoms. The number of amides is 3. The Morgan fingerprint density at radius 2 is 1.88 bits per heavy atom. The van der Waals surface area contributed by atoms with Gasteiger partial charge in [-0.25, -0.2) is 0 Å². The van der Waals surface area contributed by atoms with E-state index in [-0.39, 0.29) is 41.7 Å². The molecule has 34 heavy (non-hydrogen) atoms. The van der Waals surface area contributed by atoms with Crippen molar-refractivity contribution in [3.63, 3.8) is 0 Å². The van der Waals surface area contributed by atoms with Crippen LogP contribution in [-0.4, -0.2) is 69.5 Å². The molecule has 9 heteroatoms. The summed E-state index contributed by atoms with van der Waals surface area (Å²) in [5.41, 5.74) is -0.104. The zero-order valence-electron chi connectivity index (χ0n) is 19.1. The first-order valence-electron chi connectivity index (χ1n) is 12.3. The Bertz CT molecular complexity index is 940. The van der Waals surface area contributed by atoms with Crippen molar-refractivity contribution in [1.29, 1.82) is 0 Å². The molecule has 1 saturated carbocycles. The molecule has 3 N–H and O–H groups in total. The van der Waals surface area contributed by atoms with Crippen molar-refractivity contribution in [2.75, 3.05) is 13.2 Å². The molecule has 8 nitrogen and oxygen atoms in total. The van der Waals surface area contributed by atoms with Gasteiger partial charge in [0, 0.05) is 24.0 Å². The number of nitrogens with zero attached hydrogens (tertiary/aromatic N) is 1. The molecule has 6 atom stereocenters. The maximum absolute atomic E-state index is 13.6. The van der Waals surface area contributed by atoms with E-state index in [2.05, 4.69) is 26.6 Å². The van der Waals surface area contributed by atoms with E-state index < -0.39 is 29.6 Å². The summed E-state index contributed by atoms with van der Waals surface area (Å²) in [6.45, 7) is 0.142. The molecule has 3 unspecified atom stereocenters. The van der Waals surface area contributed by atoms with E-state index in [1.54, 1.807) is 0 Å². The average molecular weight is 534 g/mol. The molecule has 4 aliphatic rings. The molecular weight excluding hydrogens is 502 g/mol. The number of rotatable bonds is 7. The molecule has 3 heterocycles. The predicted molar refractivity (Wildman–Crippen MR) is 128 cm³/mol. The normalized spacial score (nSPS) is 34.8. The molecule has 3 aliphatic heterocycles. The number of hydrogen-bond acceptors (Lipinski definition) is 5. The number of hydrogen-bond donors (Lipinski definition) is 3. The summed E-state index contributed by atoms with van der Waals surface area (Å²) in [5, 5.41) is 15.8. The van der Waals surface area contributed by atoms with Crippen LogP contribution in [0.2, 0.25) is 0 Å². The highest BCUT2D eigenvalue weighted by Crippen LogP contribution is 2.59. The van der Waals surface area contributed by atoms with E-state index >= 15 is 0 Å². The Kier molecular flexibility index (Phi) is 6.70. The molecular formula is C25H32BrN3O5. The third-order valence-corrected chi connectivity index (χ3v) is 8.79. The summed E-state index contributed by atoms with van der Waals surface area (Å²) >= 11 is 3.67. The van der Waals surface area contributed by atoms with Crippen molar-refractivity contribution in [2.24, 2.45) is 11.8 Å². The van der Waals surface area contributed by atoms with Gasteiger partial charge in [-0.15, -0.1) is 0 Å². The second-order valence-corrected chi connectivity index (χ2v) is 11.1. The highest BCUT2D eigenvalue weighted by atomic mass is 79.9. The number of β-amino-alcohol motifs (C(OH)–C–C–N with tert-alkyl or cyclic N) is 1. The van der Waals surface area contributed by atoms with Gasteiger partial charge in [0.1, 0.15) is 11.6 Å². The number of benzene rings is 1. The van der Waals surface area contributed by atoms with E-state index in [9.17, 15) is 19.5 Å². The highest BCUT2D eigenvalue weighted by Gasteiger charge is 2.76. The topological polar surface area (TPSA) is 108 Å². The Hall–Kier alpha value is -1.97. The second kappa shape index (κ2) is 9.59. The number of ether oxygens (including phenoxy) is 1. The summed E-state index contributed by atoms with van der Waals surface area (Å²) in [7, 11) is 0. The minimum Gasteiger partial charge on any atom is -0.395 e. The van der Waals surface area contributed by atoms with Gasteiger partial charge < -0.3 is 25.4 Å². The molecule has 0 radical (unpaired) electrons. The first kappa shape index (κ1) is 23.8. The third kappa shape index (κ3) is 3.95. The van der Waals surface area contributed by atoms with E-state index in [4.69, 9.17) is 4.74 Å². The lowest BCUT2D eigenvalue weighted by Gasteiger charge is -2.35. The highest BCUT2D eigenvalue weighted by molar-refractivity contribution is 9.09. The number of aliphatic hydroxyl groups excluding tert-OH is 1. The van der Waals surface area contributed by atoms with Crippen LogP contribution in [-0.2, 0) is 25.7 Å². The zero-order chi connectivity index (χ0) is 23.9. The van der Waals surface area contributed by atoms with Crippen LogP contribution in [0.1, 0.15) is 44.1 Å². The summed E-state index contributed by atoms with van der Waals surface area (Å²) in [6, 6.07) is 8.84. The molecule has 184 valence electrons. The number of halogens is 1. The standard InChI is InChI=1S/C25H32BrN3O5/c26-17-13-25-19(18(20(17)34-25)22(31)27-14-15-7-3-1-4-8-15)24(33)29(11-12-30)21(25)23(32)28-16-9-5-2-6-10-16/h1,3-4,7-8,16-21,30H,2,5-6,9-14H2,(H,27,31)(H,28,32)/t17?,18-,19-,20-,21?,25?/m0/s1. The van der Waals surface area contributed by atoms with Crippen LogP contribution in [0.4, 0.5) is 0 Å². The van der Waals surface area contributed by atoms with Gasteiger partial charge in [0.25, 0.3) is 0 Å². The van der Waals surface area contributed by atoms with Crippen LogP contribution in [0.15, 0.2) is 30.3 Å². The van der Waals surface area contributed by atoms with Crippen molar-refractivity contribution in [2.45, 2.75) is 73.7 Å². The Labute approximate surface area is 207 Å². The van der Waals surface area contributed by atoms with Crippen molar-refractivity contribution >= 4 is 33.7 Å². The molecule has 1 aromatic carbocycles. The van der Waals surface area contributed by atoms with E-state index in [0.29, 0.717) is 13.0 Å². The second-order valence-electron chi connectivity index (χ2n) is 9.97. The fraction of sp³-hybridized carbons (Fsp3) is 0.640. The number of nitrogens with one attached hydrogen (secondary N) is 2. The first-order chi connectivity index (χ1) is 16.5.